The number of rotatable bonds is 5. The summed E-state index contributed by atoms with van der Waals surface area (Å²) in [5.41, 5.74) is 7.00. The van der Waals surface area contributed by atoms with Crippen LogP contribution >= 0.6 is 0 Å². The monoisotopic (exact) mass is 235 g/mol. The molecule has 1 aromatic carbocycles. The van der Waals surface area contributed by atoms with Gasteiger partial charge < -0.3 is 15.2 Å². The SMILES string of the molecule is NCC1(OCCc2ccccc2)CCOCC1. The van der Waals surface area contributed by atoms with Crippen molar-refractivity contribution in [3.63, 3.8) is 0 Å². The minimum Gasteiger partial charge on any atom is -0.381 e. The second-order valence-electron chi connectivity index (χ2n) is 4.58. The zero-order chi connectivity index (χ0) is 12.0. The standard InChI is InChI=1S/C14H21NO2/c15-12-14(7-10-16-11-8-14)17-9-6-13-4-2-1-3-5-13/h1-5H,6-12,15H2. The summed E-state index contributed by atoms with van der Waals surface area (Å²) in [7, 11) is 0. The summed E-state index contributed by atoms with van der Waals surface area (Å²) >= 11 is 0. The van der Waals surface area contributed by atoms with E-state index >= 15 is 0 Å². The van der Waals surface area contributed by atoms with E-state index in [4.69, 9.17) is 15.2 Å². The largest absolute Gasteiger partial charge is 0.381 e. The number of hydrogen-bond acceptors (Lipinski definition) is 3. The van der Waals surface area contributed by atoms with E-state index in [0.717, 1.165) is 39.1 Å². The lowest BCUT2D eigenvalue weighted by molar-refractivity contribution is -0.104. The summed E-state index contributed by atoms with van der Waals surface area (Å²) in [5, 5.41) is 0. The Morgan fingerprint density at radius 3 is 2.53 bits per heavy atom. The Balaban J connectivity index is 1.80. The molecule has 0 bridgehead atoms. The Labute approximate surface area is 103 Å². The van der Waals surface area contributed by atoms with Gasteiger partial charge in [0.15, 0.2) is 0 Å². The smallest absolute Gasteiger partial charge is 0.0848 e. The molecule has 94 valence electrons. The van der Waals surface area contributed by atoms with E-state index in [0.29, 0.717) is 6.54 Å². The molecule has 2 rings (SSSR count). The average molecular weight is 235 g/mol. The Morgan fingerprint density at radius 1 is 1.18 bits per heavy atom. The van der Waals surface area contributed by atoms with Gasteiger partial charge in [0.2, 0.25) is 0 Å². The summed E-state index contributed by atoms with van der Waals surface area (Å²) in [6.45, 7) is 2.86. The van der Waals surface area contributed by atoms with E-state index in [1.807, 2.05) is 6.07 Å². The van der Waals surface area contributed by atoms with Crippen molar-refractivity contribution in [1.29, 1.82) is 0 Å². The molecule has 3 heteroatoms. The summed E-state index contributed by atoms with van der Waals surface area (Å²) in [5.74, 6) is 0. The van der Waals surface area contributed by atoms with Gasteiger partial charge in [-0.3, -0.25) is 0 Å². The molecular formula is C14H21NO2. The van der Waals surface area contributed by atoms with Crippen LogP contribution < -0.4 is 5.73 Å². The second-order valence-corrected chi connectivity index (χ2v) is 4.58. The molecule has 0 amide bonds. The lowest BCUT2D eigenvalue weighted by atomic mass is 9.94. The highest BCUT2D eigenvalue weighted by atomic mass is 16.5. The molecule has 0 spiro atoms. The first-order valence-electron chi connectivity index (χ1n) is 6.30. The van der Waals surface area contributed by atoms with Crippen LogP contribution in [0.3, 0.4) is 0 Å². The maximum Gasteiger partial charge on any atom is 0.0848 e. The molecule has 1 aromatic rings. The topological polar surface area (TPSA) is 44.5 Å². The van der Waals surface area contributed by atoms with Gasteiger partial charge in [0.05, 0.1) is 12.2 Å². The zero-order valence-corrected chi connectivity index (χ0v) is 10.2. The van der Waals surface area contributed by atoms with Gasteiger partial charge in [-0.2, -0.15) is 0 Å². The lowest BCUT2D eigenvalue weighted by Gasteiger charge is -2.36. The fourth-order valence-electron chi connectivity index (χ4n) is 2.18. The molecule has 0 atom stereocenters. The Kier molecular flexibility index (Phi) is 4.54. The van der Waals surface area contributed by atoms with Gasteiger partial charge in [-0.25, -0.2) is 0 Å². The molecule has 2 N–H and O–H groups in total. The summed E-state index contributed by atoms with van der Waals surface area (Å²) in [4.78, 5) is 0. The summed E-state index contributed by atoms with van der Waals surface area (Å²) in [6.07, 6.45) is 2.78. The van der Waals surface area contributed by atoms with Crippen molar-refractivity contribution in [2.45, 2.75) is 24.9 Å². The fourth-order valence-corrected chi connectivity index (χ4v) is 2.18. The highest BCUT2D eigenvalue weighted by Crippen LogP contribution is 2.24. The molecule has 3 nitrogen and oxygen atoms in total. The molecule has 0 saturated carbocycles. The van der Waals surface area contributed by atoms with Crippen molar-refractivity contribution in [2.75, 3.05) is 26.4 Å². The van der Waals surface area contributed by atoms with Crippen molar-refractivity contribution < 1.29 is 9.47 Å². The molecule has 1 heterocycles. The summed E-state index contributed by atoms with van der Waals surface area (Å²) in [6, 6.07) is 10.4. The van der Waals surface area contributed by atoms with Crippen molar-refractivity contribution in [1.82, 2.24) is 0 Å². The van der Waals surface area contributed by atoms with Crippen LogP contribution in [0.4, 0.5) is 0 Å². The second kappa shape index (κ2) is 6.15. The number of ether oxygens (including phenoxy) is 2. The first-order valence-corrected chi connectivity index (χ1v) is 6.30. The Morgan fingerprint density at radius 2 is 1.88 bits per heavy atom. The highest BCUT2D eigenvalue weighted by Gasteiger charge is 2.31. The minimum atomic E-state index is -0.146. The molecule has 0 aliphatic carbocycles. The third-order valence-corrected chi connectivity index (χ3v) is 3.42. The van der Waals surface area contributed by atoms with Gasteiger partial charge in [-0.1, -0.05) is 30.3 Å². The van der Waals surface area contributed by atoms with Crippen molar-refractivity contribution in [3.05, 3.63) is 35.9 Å². The molecule has 1 aliphatic rings. The van der Waals surface area contributed by atoms with Gasteiger partial charge in [0, 0.05) is 32.6 Å². The van der Waals surface area contributed by atoms with Gasteiger partial charge in [0.25, 0.3) is 0 Å². The molecule has 1 aliphatic heterocycles. The Hall–Kier alpha value is -0.900. The molecule has 1 saturated heterocycles. The lowest BCUT2D eigenvalue weighted by Crippen LogP contribution is -2.45. The molecule has 17 heavy (non-hydrogen) atoms. The predicted octanol–water partition coefficient (Wildman–Crippen LogP) is 1.75. The van der Waals surface area contributed by atoms with Crippen molar-refractivity contribution in [2.24, 2.45) is 5.73 Å². The van der Waals surface area contributed by atoms with Crippen LogP contribution in [0.5, 0.6) is 0 Å². The maximum atomic E-state index is 6.02. The van der Waals surface area contributed by atoms with Crippen LogP contribution in [0.2, 0.25) is 0 Å². The summed E-state index contributed by atoms with van der Waals surface area (Å²) < 4.78 is 11.4. The zero-order valence-electron chi connectivity index (χ0n) is 10.2. The number of nitrogens with two attached hydrogens (primary N) is 1. The van der Waals surface area contributed by atoms with E-state index < -0.39 is 0 Å². The third-order valence-electron chi connectivity index (χ3n) is 3.42. The Bertz CT molecular complexity index is 320. The minimum absolute atomic E-state index is 0.146. The number of benzene rings is 1. The van der Waals surface area contributed by atoms with Gasteiger partial charge in [-0.05, 0) is 12.0 Å². The van der Waals surface area contributed by atoms with E-state index in [-0.39, 0.29) is 5.60 Å². The first-order chi connectivity index (χ1) is 8.35. The molecule has 0 unspecified atom stereocenters. The van der Waals surface area contributed by atoms with Crippen LogP contribution in [0.25, 0.3) is 0 Å². The van der Waals surface area contributed by atoms with Crippen LogP contribution in [0.1, 0.15) is 18.4 Å². The molecule has 0 radical (unpaired) electrons. The first kappa shape index (κ1) is 12.6. The number of hydrogen-bond donors (Lipinski definition) is 1. The van der Waals surface area contributed by atoms with E-state index in [1.54, 1.807) is 0 Å². The van der Waals surface area contributed by atoms with Gasteiger partial charge in [0.1, 0.15) is 0 Å². The van der Waals surface area contributed by atoms with Gasteiger partial charge >= 0.3 is 0 Å². The fraction of sp³-hybridized carbons (Fsp3) is 0.571. The van der Waals surface area contributed by atoms with E-state index in [9.17, 15) is 0 Å². The van der Waals surface area contributed by atoms with Crippen molar-refractivity contribution in [3.8, 4) is 0 Å². The predicted molar refractivity (Wildman–Crippen MR) is 67.9 cm³/mol. The van der Waals surface area contributed by atoms with Crippen LogP contribution in [0, 0.1) is 0 Å². The van der Waals surface area contributed by atoms with Gasteiger partial charge in [-0.15, -0.1) is 0 Å². The van der Waals surface area contributed by atoms with Crippen molar-refractivity contribution >= 4 is 0 Å². The highest BCUT2D eigenvalue weighted by molar-refractivity contribution is 5.14. The quantitative estimate of drug-likeness (QED) is 0.845. The van der Waals surface area contributed by atoms with Crippen LogP contribution in [0.15, 0.2) is 30.3 Å². The molecule has 0 aromatic heterocycles. The van der Waals surface area contributed by atoms with Crippen LogP contribution in [-0.4, -0.2) is 32.0 Å². The third kappa shape index (κ3) is 3.53. The maximum absolute atomic E-state index is 6.02. The average Bonchev–Trinajstić information content (AvgIpc) is 2.41. The van der Waals surface area contributed by atoms with Crippen LogP contribution in [-0.2, 0) is 15.9 Å². The van der Waals surface area contributed by atoms with E-state index in [1.165, 1.54) is 5.56 Å². The van der Waals surface area contributed by atoms with E-state index in [2.05, 4.69) is 24.3 Å². The normalized spacial score (nSPS) is 19.1. The molecular weight excluding hydrogens is 214 g/mol. The molecule has 1 fully saturated rings.